The third-order valence-electron chi connectivity index (χ3n) is 3.16. The lowest BCUT2D eigenvalue weighted by Crippen LogP contribution is -2.09. The highest BCUT2D eigenvalue weighted by atomic mass is 32.2. The Bertz CT molecular complexity index is 537. The molecule has 0 aliphatic carbocycles. The fraction of sp³-hybridized carbons (Fsp3) is 0.375. The van der Waals surface area contributed by atoms with E-state index in [1.807, 2.05) is 0 Å². The maximum atomic E-state index is 3.45. The van der Waals surface area contributed by atoms with Crippen molar-refractivity contribution in [1.82, 2.24) is 4.72 Å². The second-order valence-electron chi connectivity index (χ2n) is 4.87. The van der Waals surface area contributed by atoms with Gasteiger partial charge in [0.1, 0.15) is 0 Å². The first-order valence-electron chi connectivity index (χ1n) is 6.82. The molecule has 0 bridgehead atoms. The van der Waals surface area contributed by atoms with Gasteiger partial charge in [0.05, 0.1) is 0 Å². The molecule has 0 unspecified atom stereocenters. The molecule has 0 saturated carbocycles. The molecule has 1 N–H and O–H groups in total. The second-order valence-corrected chi connectivity index (χ2v) is 5.81. The van der Waals surface area contributed by atoms with Crippen LogP contribution in [0.15, 0.2) is 41.3 Å². The maximum Gasteiger partial charge on any atom is 0.0441 e. The summed E-state index contributed by atoms with van der Waals surface area (Å²) in [5.74, 6) is 0. The van der Waals surface area contributed by atoms with Gasteiger partial charge in [0.2, 0.25) is 0 Å². The zero-order chi connectivity index (χ0) is 13.7. The number of nitrogens with one attached hydrogen (secondary N) is 1. The highest BCUT2D eigenvalue weighted by molar-refractivity contribution is 7.97. The number of hydrogen-bond donors (Lipinski definition) is 1. The lowest BCUT2D eigenvalue weighted by Gasteiger charge is -2.16. The minimum absolute atomic E-state index is 1.06. The van der Waals surface area contributed by atoms with Crippen molar-refractivity contribution in [3.63, 3.8) is 0 Å². The van der Waals surface area contributed by atoms with Gasteiger partial charge >= 0.3 is 0 Å². The van der Waals surface area contributed by atoms with Gasteiger partial charge in [-0.25, -0.2) is 0 Å². The minimum atomic E-state index is 1.06. The van der Waals surface area contributed by atoms with Crippen LogP contribution >= 0.6 is 11.9 Å². The Morgan fingerprint density at radius 3 is 2.53 bits per heavy atom. The zero-order valence-electron chi connectivity index (χ0n) is 11.9. The Morgan fingerprint density at radius 2 is 1.79 bits per heavy atom. The molecule has 2 aromatic rings. The van der Waals surface area contributed by atoms with E-state index in [0.29, 0.717) is 0 Å². The minimum Gasteiger partial charge on any atom is -0.377 e. The molecule has 0 fully saturated rings. The summed E-state index contributed by atoms with van der Waals surface area (Å²) < 4.78 is 3.45. The second kappa shape index (κ2) is 6.83. The molecule has 0 saturated heterocycles. The van der Waals surface area contributed by atoms with Crippen molar-refractivity contribution in [2.45, 2.75) is 24.7 Å². The summed E-state index contributed by atoms with van der Waals surface area (Å²) in [5.41, 5.74) is 1.27. The number of benzene rings is 2. The van der Waals surface area contributed by atoms with Crippen LogP contribution in [0.3, 0.4) is 0 Å². The third kappa shape index (κ3) is 3.43. The largest absolute Gasteiger partial charge is 0.377 e. The molecule has 3 heteroatoms. The highest BCUT2D eigenvalue weighted by Gasteiger charge is 2.06. The Kier molecular flexibility index (Phi) is 5.11. The molecular weight excluding hydrogens is 252 g/mol. The van der Waals surface area contributed by atoms with E-state index in [9.17, 15) is 0 Å². The van der Waals surface area contributed by atoms with Crippen LogP contribution in [0.4, 0.5) is 5.69 Å². The molecule has 19 heavy (non-hydrogen) atoms. The summed E-state index contributed by atoms with van der Waals surface area (Å²) in [7, 11) is 4.18. The van der Waals surface area contributed by atoms with E-state index in [2.05, 4.69) is 67.0 Å². The van der Waals surface area contributed by atoms with E-state index in [4.69, 9.17) is 0 Å². The van der Waals surface area contributed by atoms with Gasteiger partial charge in [-0.05, 0) is 35.9 Å². The van der Waals surface area contributed by atoms with Crippen molar-refractivity contribution in [3.05, 3.63) is 36.4 Å². The van der Waals surface area contributed by atoms with Gasteiger partial charge in [-0.2, -0.15) is 0 Å². The molecule has 0 amide bonds. The number of anilines is 1. The van der Waals surface area contributed by atoms with E-state index < -0.39 is 0 Å². The molecule has 2 nitrogen and oxygen atoms in total. The van der Waals surface area contributed by atoms with Crippen molar-refractivity contribution in [2.24, 2.45) is 0 Å². The quantitative estimate of drug-likeness (QED) is 0.624. The molecule has 0 radical (unpaired) electrons. The summed E-state index contributed by atoms with van der Waals surface area (Å²) in [5, 5.41) is 2.64. The van der Waals surface area contributed by atoms with E-state index in [0.717, 1.165) is 6.54 Å². The number of nitrogens with zero attached hydrogens (tertiary/aromatic N) is 1. The molecule has 2 aromatic carbocycles. The topological polar surface area (TPSA) is 15.3 Å². The van der Waals surface area contributed by atoms with E-state index >= 15 is 0 Å². The summed E-state index contributed by atoms with van der Waals surface area (Å²) in [6, 6.07) is 13.0. The monoisotopic (exact) mass is 274 g/mol. The third-order valence-corrected chi connectivity index (χ3v) is 4.08. The Labute approximate surface area is 120 Å². The normalized spacial score (nSPS) is 10.9. The first-order chi connectivity index (χ1) is 9.24. The molecule has 0 atom stereocenters. The highest BCUT2D eigenvalue weighted by Crippen LogP contribution is 2.31. The summed E-state index contributed by atoms with van der Waals surface area (Å²) >= 11 is 1.74. The fourth-order valence-electron chi connectivity index (χ4n) is 2.12. The first-order valence-corrected chi connectivity index (χ1v) is 7.64. The number of unbranched alkanes of at least 4 members (excludes halogenated alkanes) is 1. The van der Waals surface area contributed by atoms with Crippen LogP contribution in [-0.4, -0.2) is 20.6 Å². The van der Waals surface area contributed by atoms with Gasteiger partial charge in [-0.3, -0.25) is 4.72 Å². The molecule has 0 aromatic heterocycles. The standard InChI is InChI=1S/C16H22N2S/c1-4-5-12-17-19-16-11-7-8-13-14(16)9-6-10-15(13)18(2)3/h6-11,17H,4-5,12H2,1-3H3. The van der Waals surface area contributed by atoms with Gasteiger partial charge < -0.3 is 4.90 Å². The average Bonchev–Trinajstić information content (AvgIpc) is 2.43. The van der Waals surface area contributed by atoms with Crippen LogP contribution in [0.2, 0.25) is 0 Å². The Balaban J connectivity index is 2.27. The number of rotatable bonds is 6. The van der Waals surface area contributed by atoms with Crippen molar-refractivity contribution in [2.75, 3.05) is 25.5 Å². The van der Waals surface area contributed by atoms with E-state index in [-0.39, 0.29) is 0 Å². The van der Waals surface area contributed by atoms with Gasteiger partial charge in [-0.15, -0.1) is 0 Å². The maximum absolute atomic E-state index is 3.45. The molecule has 0 aliphatic rings. The van der Waals surface area contributed by atoms with Crippen LogP contribution in [-0.2, 0) is 0 Å². The zero-order valence-corrected chi connectivity index (χ0v) is 12.8. The lowest BCUT2D eigenvalue weighted by molar-refractivity contribution is 0.776. The van der Waals surface area contributed by atoms with Crippen LogP contribution in [0.1, 0.15) is 19.8 Å². The van der Waals surface area contributed by atoms with Gasteiger partial charge in [0, 0.05) is 36.6 Å². The molecule has 102 valence electrons. The number of fused-ring (bicyclic) bond motifs is 1. The predicted molar refractivity (Wildman–Crippen MR) is 87.0 cm³/mol. The average molecular weight is 274 g/mol. The Morgan fingerprint density at radius 1 is 1.05 bits per heavy atom. The van der Waals surface area contributed by atoms with Crippen LogP contribution < -0.4 is 9.62 Å². The molecule has 0 spiro atoms. The molecule has 0 aliphatic heterocycles. The van der Waals surface area contributed by atoms with Crippen molar-refractivity contribution in [1.29, 1.82) is 0 Å². The van der Waals surface area contributed by atoms with Crippen LogP contribution in [0.25, 0.3) is 10.8 Å². The summed E-state index contributed by atoms with van der Waals surface area (Å²) in [6.45, 7) is 3.28. The smallest absolute Gasteiger partial charge is 0.0441 e. The fourth-order valence-corrected chi connectivity index (χ4v) is 2.96. The van der Waals surface area contributed by atoms with Gasteiger partial charge in [0.15, 0.2) is 0 Å². The van der Waals surface area contributed by atoms with Gasteiger partial charge in [-0.1, -0.05) is 37.6 Å². The van der Waals surface area contributed by atoms with E-state index in [1.54, 1.807) is 11.9 Å². The molecule has 0 heterocycles. The van der Waals surface area contributed by atoms with E-state index in [1.165, 1.54) is 34.2 Å². The van der Waals surface area contributed by atoms with Crippen LogP contribution in [0, 0.1) is 0 Å². The van der Waals surface area contributed by atoms with Crippen molar-refractivity contribution < 1.29 is 0 Å². The molecule has 2 rings (SSSR count). The van der Waals surface area contributed by atoms with Crippen LogP contribution in [0.5, 0.6) is 0 Å². The van der Waals surface area contributed by atoms with Crippen molar-refractivity contribution >= 4 is 28.4 Å². The van der Waals surface area contributed by atoms with Crippen molar-refractivity contribution in [3.8, 4) is 0 Å². The number of hydrogen-bond acceptors (Lipinski definition) is 3. The van der Waals surface area contributed by atoms with Gasteiger partial charge in [0.25, 0.3) is 0 Å². The SMILES string of the molecule is CCCCNSc1cccc2c(N(C)C)cccc12. The summed E-state index contributed by atoms with van der Waals surface area (Å²) in [4.78, 5) is 3.47. The lowest BCUT2D eigenvalue weighted by atomic mass is 10.1. The molecular formula is C16H22N2S. The Hall–Kier alpha value is -1.19. The summed E-state index contributed by atoms with van der Waals surface area (Å²) in [6.07, 6.45) is 2.45. The predicted octanol–water partition coefficient (Wildman–Crippen LogP) is 4.30. The first kappa shape index (κ1) is 14.2.